The maximum absolute atomic E-state index is 13.7. The van der Waals surface area contributed by atoms with Crippen LogP contribution in [-0.2, 0) is 17.8 Å². The number of amides is 3. The molecule has 4 aromatic rings. The van der Waals surface area contributed by atoms with Gasteiger partial charge in [-0.1, -0.05) is 78.9 Å². The highest BCUT2D eigenvalue weighted by molar-refractivity contribution is 6.09. The Kier molecular flexibility index (Phi) is 8.74. The topological polar surface area (TPSA) is 98.7 Å². The van der Waals surface area contributed by atoms with Crippen molar-refractivity contribution in [2.24, 2.45) is 0 Å². The number of anilines is 2. The number of hydrogen-bond acceptors (Lipinski definition) is 3. The van der Waals surface area contributed by atoms with Crippen LogP contribution >= 0.6 is 0 Å². The number of hydrogen-bond donors (Lipinski definition) is 3. The second-order valence-electron chi connectivity index (χ2n) is 10.2. The molecule has 5 rings (SSSR count). The lowest BCUT2D eigenvalue weighted by Gasteiger charge is -2.24. The summed E-state index contributed by atoms with van der Waals surface area (Å²) in [6, 6.07) is 32.3. The van der Waals surface area contributed by atoms with Gasteiger partial charge in [-0.2, -0.15) is 0 Å². The number of benzene rings is 4. The Balaban J connectivity index is 1.18. The molecule has 0 bridgehead atoms. The first-order chi connectivity index (χ1) is 20.0. The minimum Gasteiger partial charge on any atom is -0.481 e. The number of urea groups is 1. The molecule has 1 aliphatic rings. The van der Waals surface area contributed by atoms with E-state index in [-0.39, 0.29) is 24.3 Å². The van der Waals surface area contributed by atoms with Gasteiger partial charge in [-0.3, -0.25) is 9.59 Å². The van der Waals surface area contributed by atoms with Gasteiger partial charge in [-0.05, 0) is 65.8 Å². The van der Waals surface area contributed by atoms with Gasteiger partial charge < -0.3 is 20.6 Å². The van der Waals surface area contributed by atoms with Crippen LogP contribution in [0.5, 0.6) is 0 Å². The number of carboxylic acid groups (broad SMARTS) is 1. The number of carbonyl (C=O) groups is 3. The quantitative estimate of drug-likeness (QED) is 0.195. The van der Waals surface area contributed by atoms with Crippen molar-refractivity contribution in [1.82, 2.24) is 5.32 Å². The third kappa shape index (κ3) is 6.81. The summed E-state index contributed by atoms with van der Waals surface area (Å²) in [6.07, 6.45) is 2.42. The number of nitrogens with zero attached hydrogens (tertiary/aromatic N) is 1. The molecule has 3 N–H and O–H groups in total. The Bertz CT molecular complexity index is 1520. The van der Waals surface area contributed by atoms with E-state index in [0.29, 0.717) is 18.7 Å². The monoisotopic (exact) mass is 547 g/mol. The number of aryl methyl sites for hydroxylation is 1. The normalized spacial score (nSPS) is 14.0. The molecular weight excluding hydrogens is 514 g/mol. The summed E-state index contributed by atoms with van der Waals surface area (Å²) in [7, 11) is 0. The minimum absolute atomic E-state index is 0.0747. The van der Waals surface area contributed by atoms with Crippen molar-refractivity contribution >= 4 is 29.3 Å². The number of aliphatic carboxylic acids is 1. The van der Waals surface area contributed by atoms with Crippen molar-refractivity contribution in [2.45, 2.75) is 38.1 Å². The Morgan fingerprint density at radius 3 is 2.20 bits per heavy atom. The SMILES string of the molecule is O=C(O)CC1c2ccccc2C(=O)N(CCCCc2ccc(NC(=O)NCc3ccccc3)cc2)c2ccccc21. The van der Waals surface area contributed by atoms with Crippen LogP contribution in [0.15, 0.2) is 103 Å². The molecule has 208 valence electrons. The van der Waals surface area contributed by atoms with E-state index < -0.39 is 5.97 Å². The molecule has 41 heavy (non-hydrogen) atoms. The molecule has 1 unspecified atom stereocenters. The fraction of sp³-hybridized carbons (Fsp3) is 0.206. The fourth-order valence-corrected chi connectivity index (χ4v) is 5.37. The fourth-order valence-electron chi connectivity index (χ4n) is 5.37. The number of nitrogens with one attached hydrogen (secondary N) is 2. The van der Waals surface area contributed by atoms with Crippen molar-refractivity contribution < 1.29 is 19.5 Å². The first-order valence-corrected chi connectivity index (χ1v) is 13.9. The lowest BCUT2D eigenvalue weighted by Crippen LogP contribution is -2.32. The second-order valence-corrected chi connectivity index (χ2v) is 10.2. The van der Waals surface area contributed by atoms with E-state index >= 15 is 0 Å². The summed E-state index contributed by atoms with van der Waals surface area (Å²) in [6.45, 7) is 0.992. The molecule has 0 saturated carbocycles. The molecule has 0 fully saturated rings. The van der Waals surface area contributed by atoms with Crippen LogP contribution < -0.4 is 15.5 Å². The number of para-hydroxylation sites is 1. The highest BCUT2D eigenvalue weighted by Crippen LogP contribution is 2.40. The average molecular weight is 548 g/mol. The molecule has 4 aromatic carbocycles. The van der Waals surface area contributed by atoms with E-state index in [2.05, 4.69) is 10.6 Å². The van der Waals surface area contributed by atoms with Gasteiger partial charge in [0.2, 0.25) is 0 Å². The van der Waals surface area contributed by atoms with Gasteiger partial charge in [0, 0.05) is 35.9 Å². The summed E-state index contributed by atoms with van der Waals surface area (Å²) in [5.41, 5.74) is 5.87. The highest BCUT2D eigenvalue weighted by atomic mass is 16.4. The zero-order valence-electron chi connectivity index (χ0n) is 22.8. The van der Waals surface area contributed by atoms with Crippen LogP contribution in [0.2, 0.25) is 0 Å². The number of carbonyl (C=O) groups excluding carboxylic acids is 2. The van der Waals surface area contributed by atoms with Crippen LogP contribution in [-0.4, -0.2) is 29.6 Å². The maximum Gasteiger partial charge on any atom is 0.319 e. The zero-order valence-corrected chi connectivity index (χ0v) is 22.8. The summed E-state index contributed by atoms with van der Waals surface area (Å²) < 4.78 is 0. The van der Waals surface area contributed by atoms with Crippen LogP contribution in [0.4, 0.5) is 16.2 Å². The third-order valence-corrected chi connectivity index (χ3v) is 7.40. The number of unbranched alkanes of at least 4 members (excludes halogenated alkanes) is 1. The van der Waals surface area contributed by atoms with Crippen LogP contribution in [0.25, 0.3) is 0 Å². The first kappa shape index (κ1) is 27.6. The summed E-state index contributed by atoms with van der Waals surface area (Å²) in [5, 5.41) is 15.3. The van der Waals surface area contributed by atoms with Gasteiger partial charge in [0.05, 0.1) is 6.42 Å². The van der Waals surface area contributed by atoms with Crippen molar-refractivity contribution in [3.63, 3.8) is 0 Å². The number of carboxylic acids is 1. The molecule has 7 nitrogen and oxygen atoms in total. The lowest BCUT2D eigenvalue weighted by atomic mass is 9.86. The smallest absolute Gasteiger partial charge is 0.319 e. The highest BCUT2D eigenvalue weighted by Gasteiger charge is 2.32. The van der Waals surface area contributed by atoms with Gasteiger partial charge in [0.15, 0.2) is 0 Å². The molecule has 3 amide bonds. The van der Waals surface area contributed by atoms with Crippen molar-refractivity contribution in [2.75, 3.05) is 16.8 Å². The Hall–Kier alpha value is -4.91. The maximum atomic E-state index is 13.7. The molecule has 0 radical (unpaired) electrons. The van der Waals surface area contributed by atoms with Crippen molar-refractivity contribution in [3.05, 3.63) is 131 Å². The molecule has 0 spiro atoms. The lowest BCUT2D eigenvalue weighted by molar-refractivity contribution is -0.137. The predicted molar refractivity (Wildman–Crippen MR) is 160 cm³/mol. The average Bonchev–Trinajstić information content (AvgIpc) is 3.08. The van der Waals surface area contributed by atoms with Gasteiger partial charge in [-0.15, -0.1) is 0 Å². The molecular formula is C34H33N3O4. The molecule has 0 saturated heterocycles. The molecule has 0 aromatic heterocycles. The van der Waals surface area contributed by atoms with E-state index in [9.17, 15) is 19.5 Å². The van der Waals surface area contributed by atoms with Gasteiger partial charge in [0.1, 0.15) is 0 Å². The minimum atomic E-state index is -0.894. The van der Waals surface area contributed by atoms with E-state index in [4.69, 9.17) is 0 Å². The van der Waals surface area contributed by atoms with Gasteiger partial charge >= 0.3 is 12.0 Å². The number of rotatable bonds is 10. The Morgan fingerprint density at radius 2 is 1.44 bits per heavy atom. The summed E-state index contributed by atoms with van der Waals surface area (Å²) in [5.74, 6) is -1.38. The van der Waals surface area contributed by atoms with E-state index in [1.807, 2.05) is 97.1 Å². The first-order valence-electron chi connectivity index (χ1n) is 13.9. The largest absolute Gasteiger partial charge is 0.481 e. The third-order valence-electron chi connectivity index (χ3n) is 7.40. The Morgan fingerprint density at radius 1 is 0.756 bits per heavy atom. The summed E-state index contributed by atoms with van der Waals surface area (Å²) in [4.78, 5) is 39.5. The standard InChI is InChI=1S/C34H33N3O4/c38-32(39)22-30-27-13-4-5-15-29(27)33(40)37(31-16-7-6-14-28(30)31)21-9-8-10-24-17-19-26(20-18-24)36-34(41)35-23-25-11-2-1-3-12-25/h1-7,11-20,30H,8-10,21-23H2,(H,38,39)(H2,35,36,41). The van der Waals surface area contributed by atoms with E-state index in [1.54, 1.807) is 11.0 Å². The molecule has 1 heterocycles. The van der Waals surface area contributed by atoms with Crippen molar-refractivity contribution in [1.29, 1.82) is 0 Å². The van der Waals surface area contributed by atoms with Crippen molar-refractivity contribution in [3.8, 4) is 0 Å². The van der Waals surface area contributed by atoms with Crippen LogP contribution in [0.3, 0.4) is 0 Å². The molecule has 7 heteroatoms. The van der Waals surface area contributed by atoms with E-state index in [1.165, 1.54) is 0 Å². The van der Waals surface area contributed by atoms with Crippen LogP contribution in [0, 0.1) is 0 Å². The van der Waals surface area contributed by atoms with Gasteiger partial charge in [-0.25, -0.2) is 4.79 Å². The Labute approximate surface area is 239 Å². The molecule has 1 aliphatic heterocycles. The van der Waals surface area contributed by atoms with E-state index in [0.717, 1.165) is 52.9 Å². The van der Waals surface area contributed by atoms with Gasteiger partial charge in [0.25, 0.3) is 5.91 Å². The zero-order chi connectivity index (χ0) is 28.6. The predicted octanol–water partition coefficient (Wildman–Crippen LogP) is 6.60. The number of fused-ring (bicyclic) bond motifs is 2. The molecule has 1 atom stereocenters. The summed E-state index contributed by atoms with van der Waals surface area (Å²) >= 11 is 0. The molecule has 0 aliphatic carbocycles. The van der Waals surface area contributed by atoms with Crippen LogP contribution in [0.1, 0.15) is 57.8 Å². The second kappa shape index (κ2) is 13.0.